The van der Waals surface area contributed by atoms with Crippen LogP contribution in [-0.2, 0) is 0 Å². The van der Waals surface area contributed by atoms with Crippen molar-refractivity contribution in [2.45, 2.75) is 13.3 Å². The summed E-state index contributed by atoms with van der Waals surface area (Å²) in [7, 11) is 0. The highest BCUT2D eigenvalue weighted by atomic mass is 79.9. The lowest BCUT2D eigenvalue weighted by Crippen LogP contribution is -2.33. The van der Waals surface area contributed by atoms with Crippen LogP contribution in [0.4, 0.5) is 10.1 Å². The molecule has 0 bridgehead atoms. The van der Waals surface area contributed by atoms with E-state index in [1.807, 2.05) is 6.92 Å². The predicted octanol–water partition coefficient (Wildman–Crippen LogP) is 2.98. The number of nitro groups is 1. The van der Waals surface area contributed by atoms with Crippen molar-refractivity contribution in [2.75, 3.05) is 18.4 Å². The molecule has 0 saturated carbocycles. The van der Waals surface area contributed by atoms with Gasteiger partial charge in [-0.15, -0.1) is 0 Å². The largest absolute Gasteiger partial charge is 0.338 e. The van der Waals surface area contributed by atoms with Gasteiger partial charge in [0.15, 0.2) is 0 Å². The van der Waals surface area contributed by atoms with Crippen LogP contribution in [0.1, 0.15) is 23.7 Å². The molecule has 0 heterocycles. The maximum atomic E-state index is 13.0. The number of carbonyl (C=O) groups is 1. The molecular weight excluding hydrogens is 319 g/mol. The Morgan fingerprint density at radius 3 is 2.68 bits per heavy atom. The fourth-order valence-corrected chi connectivity index (χ4v) is 2.12. The van der Waals surface area contributed by atoms with Crippen LogP contribution >= 0.6 is 15.9 Å². The summed E-state index contributed by atoms with van der Waals surface area (Å²) < 4.78 is 13.0. The van der Waals surface area contributed by atoms with Crippen LogP contribution in [0.15, 0.2) is 18.2 Å². The first-order chi connectivity index (χ1) is 9.01. The Bertz CT molecular complexity index is 476. The van der Waals surface area contributed by atoms with Gasteiger partial charge in [-0.05, 0) is 18.6 Å². The van der Waals surface area contributed by atoms with Crippen LogP contribution in [0, 0.1) is 15.9 Å². The van der Waals surface area contributed by atoms with Crippen LogP contribution in [0.25, 0.3) is 0 Å². The Morgan fingerprint density at radius 2 is 2.16 bits per heavy atom. The minimum Gasteiger partial charge on any atom is -0.338 e. The van der Waals surface area contributed by atoms with E-state index >= 15 is 0 Å². The first-order valence-corrected chi connectivity index (χ1v) is 6.92. The molecule has 1 aromatic rings. The van der Waals surface area contributed by atoms with Gasteiger partial charge in [-0.3, -0.25) is 14.9 Å². The lowest BCUT2D eigenvalue weighted by molar-refractivity contribution is -0.385. The van der Waals surface area contributed by atoms with E-state index in [9.17, 15) is 19.3 Å². The molecule has 0 unspecified atom stereocenters. The van der Waals surface area contributed by atoms with E-state index in [2.05, 4.69) is 15.9 Å². The minimum absolute atomic E-state index is 0.0826. The topological polar surface area (TPSA) is 63.5 Å². The molecule has 0 spiro atoms. The normalized spacial score (nSPS) is 10.3. The highest BCUT2D eigenvalue weighted by Crippen LogP contribution is 2.21. The van der Waals surface area contributed by atoms with Crippen LogP contribution in [-0.4, -0.2) is 34.2 Å². The number of amides is 1. The fraction of sp³-hybridized carbons (Fsp3) is 0.417. The van der Waals surface area contributed by atoms with Crippen LogP contribution in [0.5, 0.6) is 0 Å². The van der Waals surface area contributed by atoms with Crippen molar-refractivity contribution in [3.05, 3.63) is 39.7 Å². The molecule has 19 heavy (non-hydrogen) atoms. The molecule has 0 radical (unpaired) electrons. The first kappa shape index (κ1) is 15.6. The third-order valence-electron chi connectivity index (χ3n) is 2.52. The number of rotatable bonds is 6. The van der Waals surface area contributed by atoms with Gasteiger partial charge in [-0.25, -0.2) is 4.39 Å². The van der Waals surface area contributed by atoms with Crippen molar-refractivity contribution in [3.8, 4) is 0 Å². The SMILES string of the molecule is CCCN(CCBr)C(=O)c1ccc(F)cc1[N+](=O)[O-]. The molecule has 0 aliphatic carbocycles. The monoisotopic (exact) mass is 332 g/mol. The maximum absolute atomic E-state index is 13.0. The van der Waals surface area contributed by atoms with Crippen LogP contribution < -0.4 is 0 Å². The van der Waals surface area contributed by atoms with Gasteiger partial charge in [0, 0.05) is 18.4 Å². The molecule has 1 rings (SSSR count). The highest BCUT2D eigenvalue weighted by molar-refractivity contribution is 9.09. The smallest absolute Gasteiger partial charge is 0.285 e. The highest BCUT2D eigenvalue weighted by Gasteiger charge is 2.24. The van der Waals surface area contributed by atoms with E-state index in [0.717, 1.165) is 24.6 Å². The summed E-state index contributed by atoms with van der Waals surface area (Å²) in [5, 5.41) is 11.5. The molecule has 0 aliphatic rings. The molecule has 0 aliphatic heterocycles. The first-order valence-electron chi connectivity index (χ1n) is 5.80. The van der Waals surface area contributed by atoms with Gasteiger partial charge >= 0.3 is 0 Å². The second-order valence-corrected chi connectivity index (χ2v) is 4.69. The van der Waals surface area contributed by atoms with Gasteiger partial charge in [-0.2, -0.15) is 0 Å². The summed E-state index contributed by atoms with van der Waals surface area (Å²) in [6, 6.07) is 2.98. The van der Waals surface area contributed by atoms with E-state index in [4.69, 9.17) is 0 Å². The average Bonchev–Trinajstić information content (AvgIpc) is 2.37. The van der Waals surface area contributed by atoms with Gasteiger partial charge in [-0.1, -0.05) is 22.9 Å². The summed E-state index contributed by atoms with van der Waals surface area (Å²) in [5.74, 6) is -1.18. The predicted molar refractivity (Wildman–Crippen MR) is 73.0 cm³/mol. The third-order valence-corrected chi connectivity index (χ3v) is 2.88. The molecule has 0 atom stereocenters. The zero-order valence-electron chi connectivity index (χ0n) is 10.4. The summed E-state index contributed by atoms with van der Waals surface area (Å²) in [6.45, 7) is 2.85. The second-order valence-electron chi connectivity index (χ2n) is 3.90. The molecule has 0 N–H and O–H groups in total. The zero-order chi connectivity index (χ0) is 14.4. The van der Waals surface area contributed by atoms with Crippen LogP contribution in [0.3, 0.4) is 0 Å². The number of halogens is 2. The van der Waals surface area contributed by atoms with E-state index < -0.39 is 22.3 Å². The Morgan fingerprint density at radius 1 is 1.47 bits per heavy atom. The number of benzene rings is 1. The van der Waals surface area contributed by atoms with Crippen molar-refractivity contribution >= 4 is 27.5 Å². The molecule has 5 nitrogen and oxygen atoms in total. The van der Waals surface area contributed by atoms with Crippen molar-refractivity contribution in [1.29, 1.82) is 0 Å². The number of nitro benzene ring substituents is 1. The lowest BCUT2D eigenvalue weighted by Gasteiger charge is -2.20. The quantitative estimate of drug-likeness (QED) is 0.457. The summed E-state index contributed by atoms with van der Waals surface area (Å²) in [4.78, 5) is 23.9. The van der Waals surface area contributed by atoms with E-state index in [0.29, 0.717) is 18.4 Å². The standard InChI is InChI=1S/C12H14BrFN2O3/c1-2-6-15(7-5-13)12(17)10-4-3-9(14)8-11(10)16(18)19/h3-4,8H,2,5-7H2,1H3. The molecular formula is C12H14BrFN2O3. The molecule has 0 saturated heterocycles. The van der Waals surface area contributed by atoms with Gasteiger partial charge in [0.05, 0.1) is 11.0 Å². The number of hydrogen-bond donors (Lipinski definition) is 0. The molecule has 0 aromatic heterocycles. The van der Waals surface area contributed by atoms with Gasteiger partial charge in [0.25, 0.3) is 11.6 Å². The van der Waals surface area contributed by atoms with E-state index in [1.165, 1.54) is 4.90 Å². The number of alkyl halides is 1. The Hall–Kier alpha value is -1.50. The fourth-order valence-electron chi connectivity index (χ4n) is 1.69. The number of hydrogen-bond acceptors (Lipinski definition) is 3. The van der Waals surface area contributed by atoms with Gasteiger partial charge in [0.2, 0.25) is 0 Å². The summed E-state index contributed by atoms with van der Waals surface area (Å²) in [5.41, 5.74) is -0.582. The van der Waals surface area contributed by atoms with Crippen molar-refractivity contribution < 1.29 is 14.1 Å². The maximum Gasteiger partial charge on any atom is 0.285 e. The van der Waals surface area contributed by atoms with E-state index in [-0.39, 0.29) is 5.56 Å². The Kier molecular flexibility index (Phi) is 5.88. The average molecular weight is 333 g/mol. The Labute approximate surface area is 118 Å². The van der Waals surface area contributed by atoms with Crippen molar-refractivity contribution in [3.63, 3.8) is 0 Å². The summed E-state index contributed by atoms with van der Waals surface area (Å²) in [6.07, 6.45) is 0.744. The molecule has 1 aromatic carbocycles. The van der Waals surface area contributed by atoms with E-state index in [1.54, 1.807) is 0 Å². The zero-order valence-corrected chi connectivity index (χ0v) is 12.0. The minimum atomic E-state index is -0.741. The van der Waals surface area contributed by atoms with Crippen molar-refractivity contribution in [2.24, 2.45) is 0 Å². The van der Waals surface area contributed by atoms with Gasteiger partial charge < -0.3 is 4.90 Å². The summed E-state index contributed by atoms with van der Waals surface area (Å²) >= 11 is 3.23. The molecule has 104 valence electrons. The van der Waals surface area contributed by atoms with Crippen molar-refractivity contribution in [1.82, 2.24) is 4.90 Å². The number of carbonyl (C=O) groups excluding carboxylic acids is 1. The third kappa shape index (κ3) is 3.99. The Balaban J connectivity index is 3.13. The molecule has 7 heteroatoms. The lowest BCUT2D eigenvalue weighted by atomic mass is 10.1. The second kappa shape index (κ2) is 7.18. The number of nitrogens with zero attached hydrogens (tertiary/aromatic N) is 2. The molecule has 0 fully saturated rings. The molecule has 1 amide bonds. The van der Waals surface area contributed by atoms with Crippen LogP contribution in [0.2, 0.25) is 0 Å². The van der Waals surface area contributed by atoms with Gasteiger partial charge in [0.1, 0.15) is 11.4 Å².